The molecule has 88 valence electrons. The summed E-state index contributed by atoms with van der Waals surface area (Å²) < 4.78 is 6.22. The summed E-state index contributed by atoms with van der Waals surface area (Å²) in [6.07, 6.45) is 1.59. The highest BCUT2D eigenvalue weighted by Gasteiger charge is 2.11. The second kappa shape index (κ2) is 4.58. The Morgan fingerprint density at radius 3 is 2.65 bits per heavy atom. The van der Waals surface area contributed by atoms with E-state index in [-0.39, 0.29) is 5.95 Å². The molecule has 0 saturated heterocycles. The van der Waals surface area contributed by atoms with Crippen LogP contribution in [0.3, 0.4) is 0 Å². The molecule has 0 bridgehead atoms. The van der Waals surface area contributed by atoms with Gasteiger partial charge in [0, 0.05) is 21.8 Å². The Balaban J connectivity index is 2.60. The zero-order chi connectivity index (χ0) is 12.4. The summed E-state index contributed by atoms with van der Waals surface area (Å²) in [6.45, 7) is 0. The maximum Gasteiger partial charge on any atom is 0.221 e. The molecule has 0 aliphatic heterocycles. The third-order valence-electron chi connectivity index (χ3n) is 2.29. The molecule has 0 spiro atoms. The predicted molar refractivity (Wildman–Crippen MR) is 70.5 cm³/mol. The number of hydrogen-bond acceptors (Lipinski definition) is 5. The average Bonchev–Trinajstić information content (AvgIpc) is 2.30. The van der Waals surface area contributed by atoms with Crippen LogP contribution in [0.5, 0.6) is 5.75 Å². The van der Waals surface area contributed by atoms with Gasteiger partial charge in [0.15, 0.2) is 0 Å². The summed E-state index contributed by atoms with van der Waals surface area (Å²) in [4.78, 5) is 7.86. The van der Waals surface area contributed by atoms with E-state index in [2.05, 4.69) is 25.9 Å². The lowest BCUT2D eigenvalue weighted by atomic mass is 10.1. The van der Waals surface area contributed by atoms with Gasteiger partial charge in [0.25, 0.3) is 0 Å². The maximum atomic E-state index is 5.82. The van der Waals surface area contributed by atoms with Gasteiger partial charge in [0.2, 0.25) is 5.95 Å². The Labute approximate surface area is 107 Å². The van der Waals surface area contributed by atoms with Crippen LogP contribution >= 0.6 is 15.9 Å². The molecule has 2 aromatic rings. The van der Waals surface area contributed by atoms with Crippen LogP contribution in [0.15, 0.2) is 28.9 Å². The number of nitrogen functional groups attached to an aromatic ring is 2. The maximum absolute atomic E-state index is 5.82. The molecular formula is C11H11BrN4O. The van der Waals surface area contributed by atoms with Crippen molar-refractivity contribution >= 4 is 27.7 Å². The van der Waals surface area contributed by atoms with Crippen LogP contribution in [0.25, 0.3) is 11.1 Å². The molecule has 6 heteroatoms. The number of nitrogens with zero attached hydrogens (tertiary/aromatic N) is 2. The van der Waals surface area contributed by atoms with Crippen LogP contribution in [0.4, 0.5) is 11.8 Å². The van der Waals surface area contributed by atoms with Crippen molar-refractivity contribution in [2.45, 2.75) is 0 Å². The zero-order valence-electron chi connectivity index (χ0n) is 9.14. The van der Waals surface area contributed by atoms with Crippen molar-refractivity contribution in [3.05, 3.63) is 28.9 Å². The highest BCUT2D eigenvalue weighted by Crippen LogP contribution is 2.34. The quantitative estimate of drug-likeness (QED) is 0.885. The second-order valence-corrected chi connectivity index (χ2v) is 4.29. The molecule has 1 aromatic carbocycles. The van der Waals surface area contributed by atoms with Gasteiger partial charge in [-0.05, 0) is 18.2 Å². The molecule has 5 nitrogen and oxygen atoms in total. The number of ether oxygens (including phenoxy) is 1. The Hall–Kier alpha value is -1.82. The van der Waals surface area contributed by atoms with E-state index in [0.29, 0.717) is 17.1 Å². The minimum atomic E-state index is 0.155. The lowest BCUT2D eigenvalue weighted by Gasteiger charge is -2.10. The van der Waals surface area contributed by atoms with Crippen molar-refractivity contribution in [1.82, 2.24) is 9.97 Å². The lowest BCUT2D eigenvalue weighted by Crippen LogP contribution is -2.01. The van der Waals surface area contributed by atoms with Crippen molar-refractivity contribution in [1.29, 1.82) is 0 Å². The van der Waals surface area contributed by atoms with Crippen LogP contribution in [0.2, 0.25) is 0 Å². The van der Waals surface area contributed by atoms with Crippen molar-refractivity contribution in [2.24, 2.45) is 0 Å². The average molecular weight is 295 g/mol. The van der Waals surface area contributed by atoms with Crippen LogP contribution in [-0.4, -0.2) is 17.1 Å². The molecule has 1 heterocycles. The first-order chi connectivity index (χ1) is 8.11. The van der Waals surface area contributed by atoms with Gasteiger partial charge < -0.3 is 16.2 Å². The van der Waals surface area contributed by atoms with Crippen molar-refractivity contribution < 1.29 is 4.74 Å². The van der Waals surface area contributed by atoms with Gasteiger partial charge in [-0.2, -0.15) is 4.98 Å². The fraction of sp³-hybridized carbons (Fsp3) is 0.0909. The molecule has 4 N–H and O–H groups in total. The largest absolute Gasteiger partial charge is 0.496 e. The second-order valence-electron chi connectivity index (χ2n) is 3.37. The van der Waals surface area contributed by atoms with Crippen molar-refractivity contribution in [3.8, 4) is 16.9 Å². The highest BCUT2D eigenvalue weighted by atomic mass is 79.9. The Morgan fingerprint density at radius 1 is 1.24 bits per heavy atom. The van der Waals surface area contributed by atoms with E-state index in [0.717, 1.165) is 10.0 Å². The summed E-state index contributed by atoms with van der Waals surface area (Å²) in [5, 5.41) is 0. The first-order valence-electron chi connectivity index (χ1n) is 4.83. The lowest BCUT2D eigenvalue weighted by molar-refractivity contribution is 0.416. The monoisotopic (exact) mass is 294 g/mol. The van der Waals surface area contributed by atoms with E-state index in [1.165, 1.54) is 0 Å². The summed E-state index contributed by atoms with van der Waals surface area (Å²) in [7, 11) is 1.60. The number of methoxy groups -OCH3 is 1. The van der Waals surface area contributed by atoms with Crippen LogP contribution in [0.1, 0.15) is 0 Å². The van der Waals surface area contributed by atoms with E-state index < -0.39 is 0 Å². The molecule has 1 aromatic heterocycles. The molecule has 0 atom stereocenters. The fourth-order valence-electron chi connectivity index (χ4n) is 1.50. The van der Waals surface area contributed by atoms with Gasteiger partial charge in [-0.1, -0.05) is 15.9 Å². The molecule has 0 amide bonds. The Morgan fingerprint density at radius 2 is 2.00 bits per heavy atom. The fourth-order valence-corrected chi connectivity index (χ4v) is 1.84. The topological polar surface area (TPSA) is 87.0 Å². The molecule has 0 unspecified atom stereocenters. The van der Waals surface area contributed by atoms with E-state index in [4.69, 9.17) is 16.2 Å². The van der Waals surface area contributed by atoms with E-state index >= 15 is 0 Å². The number of aromatic nitrogens is 2. The van der Waals surface area contributed by atoms with E-state index in [1.807, 2.05) is 18.2 Å². The molecule has 0 aliphatic carbocycles. The minimum absolute atomic E-state index is 0.155. The van der Waals surface area contributed by atoms with Crippen molar-refractivity contribution in [2.75, 3.05) is 18.6 Å². The third-order valence-corrected chi connectivity index (χ3v) is 2.78. The number of hydrogen-bond donors (Lipinski definition) is 2. The van der Waals surface area contributed by atoms with Crippen LogP contribution < -0.4 is 16.2 Å². The zero-order valence-corrected chi connectivity index (χ0v) is 10.7. The third kappa shape index (κ3) is 2.31. The SMILES string of the molecule is COc1cc(Br)ccc1-c1cnc(N)nc1N. The van der Waals surface area contributed by atoms with Crippen LogP contribution in [-0.2, 0) is 0 Å². The predicted octanol–water partition coefficient (Wildman–Crippen LogP) is 2.08. The summed E-state index contributed by atoms with van der Waals surface area (Å²) >= 11 is 3.38. The molecule has 2 rings (SSSR count). The minimum Gasteiger partial charge on any atom is -0.496 e. The molecular weight excluding hydrogens is 284 g/mol. The molecule has 0 radical (unpaired) electrons. The Bertz CT molecular complexity index is 559. The number of rotatable bonds is 2. The first-order valence-corrected chi connectivity index (χ1v) is 5.63. The van der Waals surface area contributed by atoms with E-state index in [1.54, 1.807) is 13.3 Å². The van der Waals surface area contributed by atoms with Gasteiger partial charge in [-0.3, -0.25) is 0 Å². The van der Waals surface area contributed by atoms with Gasteiger partial charge in [-0.25, -0.2) is 4.98 Å². The number of halogens is 1. The van der Waals surface area contributed by atoms with Gasteiger partial charge in [-0.15, -0.1) is 0 Å². The van der Waals surface area contributed by atoms with Gasteiger partial charge >= 0.3 is 0 Å². The van der Waals surface area contributed by atoms with E-state index in [9.17, 15) is 0 Å². The Kier molecular flexibility index (Phi) is 3.14. The highest BCUT2D eigenvalue weighted by molar-refractivity contribution is 9.10. The molecule has 0 fully saturated rings. The standard InChI is InChI=1S/C11H11BrN4O/c1-17-9-4-6(12)2-3-7(9)8-5-15-11(14)16-10(8)13/h2-5H,1H3,(H4,13,14,15,16). The number of anilines is 2. The first kappa shape index (κ1) is 11.7. The molecule has 0 saturated carbocycles. The van der Waals surface area contributed by atoms with Crippen LogP contribution in [0, 0.1) is 0 Å². The molecule has 17 heavy (non-hydrogen) atoms. The summed E-state index contributed by atoms with van der Waals surface area (Å²) in [5.74, 6) is 1.18. The molecule has 0 aliphatic rings. The smallest absolute Gasteiger partial charge is 0.221 e. The van der Waals surface area contributed by atoms with Gasteiger partial charge in [0.05, 0.1) is 7.11 Å². The summed E-state index contributed by atoms with van der Waals surface area (Å²) in [6, 6.07) is 5.63. The summed E-state index contributed by atoms with van der Waals surface area (Å²) in [5.41, 5.74) is 12.8. The normalized spacial score (nSPS) is 10.2. The number of benzene rings is 1. The van der Waals surface area contributed by atoms with Crippen molar-refractivity contribution in [3.63, 3.8) is 0 Å². The number of nitrogens with two attached hydrogens (primary N) is 2. The van der Waals surface area contributed by atoms with Gasteiger partial charge in [0.1, 0.15) is 11.6 Å².